The van der Waals surface area contributed by atoms with Crippen LogP contribution >= 0.6 is 17.0 Å². The molecule has 7 aromatic carbocycles. The van der Waals surface area contributed by atoms with Gasteiger partial charge >= 0.3 is 37.9 Å². The van der Waals surface area contributed by atoms with E-state index in [9.17, 15) is 0 Å². The first-order chi connectivity index (χ1) is 23.4. The van der Waals surface area contributed by atoms with Crippen molar-refractivity contribution < 1.29 is 20.8 Å². The summed E-state index contributed by atoms with van der Waals surface area (Å²) in [6.07, 6.45) is 0. The van der Waals surface area contributed by atoms with Gasteiger partial charge in [-0.1, -0.05) is 152 Å². The Hall–Kier alpha value is -2.74. The molecule has 7 rings (SSSR count). The summed E-state index contributed by atoms with van der Waals surface area (Å²) in [5.74, 6) is 0.573. The molecule has 0 bridgehead atoms. The van der Waals surface area contributed by atoms with Crippen molar-refractivity contribution in [3.8, 4) is 22.3 Å². The number of aryl methyl sites for hydroxylation is 2. The fraction of sp³-hybridized carbons (Fsp3) is 0.244. The van der Waals surface area contributed by atoms with E-state index >= 15 is 0 Å². The quantitative estimate of drug-likeness (QED) is 0.124. The zero-order valence-electron chi connectivity index (χ0n) is 30.4. The van der Waals surface area contributed by atoms with Crippen LogP contribution in [0.4, 0.5) is 0 Å². The van der Waals surface area contributed by atoms with Gasteiger partial charge in [0.05, 0.1) is 0 Å². The average Bonchev–Trinajstić information content (AvgIpc) is 3.70. The topological polar surface area (TPSA) is 0 Å². The first-order valence-corrected chi connectivity index (χ1v) is 25.3. The Bertz CT molecular complexity index is 2080. The first-order valence-electron chi connectivity index (χ1n) is 16.9. The maximum atomic E-state index is 4.93. The zero-order chi connectivity index (χ0) is 35.7. The van der Waals surface area contributed by atoms with Gasteiger partial charge in [-0.25, -0.2) is 0 Å². The van der Waals surface area contributed by atoms with Crippen molar-refractivity contribution in [2.24, 2.45) is 0 Å². The van der Waals surface area contributed by atoms with Crippen molar-refractivity contribution >= 4 is 58.9 Å². The number of benzene rings is 5. The molecule has 0 unspecified atom stereocenters. The molecule has 0 saturated heterocycles. The van der Waals surface area contributed by atoms with Gasteiger partial charge < -0.3 is 0 Å². The van der Waals surface area contributed by atoms with Gasteiger partial charge in [0.25, 0.3) is 0 Å². The fourth-order valence-electron chi connectivity index (χ4n) is 6.28. The summed E-state index contributed by atoms with van der Waals surface area (Å²) >= 11 is -0.826. The molecule has 0 saturated carbocycles. The average molecular weight is 779 g/mol. The van der Waals surface area contributed by atoms with Crippen LogP contribution in [0.15, 0.2) is 121 Å². The van der Waals surface area contributed by atoms with Crippen LogP contribution in [-0.2, 0) is 26.3 Å². The van der Waals surface area contributed by atoms with Crippen molar-refractivity contribution in [1.29, 1.82) is 0 Å². The third kappa shape index (κ3) is 9.74. The van der Waals surface area contributed by atoms with Crippen molar-refractivity contribution in [2.45, 2.75) is 72.9 Å². The van der Waals surface area contributed by atoms with E-state index in [0.29, 0.717) is 5.92 Å². The van der Waals surface area contributed by atoms with E-state index in [1.54, 1.807) is 0 Å². The first kappa shape index (κ1) is 39.1. The van der Waals surface area contributed by atoms with Gasteiger partial charge in [-0.3, -0.25) is 0 Å². The van der Waals surface area contributed by atoms with Crippen LogP contribution in [0.3, 0.4) is 0 Å². The predicted molar refractivity (Wildman–Crippen MR) is 219 cm³/mol. The molecule has 0 amide bonds. The molecule has 0 aromatic heterocycles. The second-order valence-electron chi connectivity index (χ2n) is 14.0. The molecule has 0 aliphatic carbocycles. The molecular weight excluding hydrogens is 731 g/mol. The summed E-state index contributed by atoms with van der Waals surface area (Å²) < 4.78 is 0. The number of hydrogen-bond donors (Lipinski definition) is 0. The molecule has 0 N–H and O–H groups in total. The molecule has 4 heteroatoms. The minimum absolute atomic E-state index is 0.204. The number of halogens is 2. The summed E-state index contributed by atoms with van der Waals surface area (Å²) in [5.41, 5.74) is 11.0. The summed E-state index contributed by atoms with van der Waals surface area (Å²) in [6.45, 7) is 20.0. The molecule has 49 heavy (non-hydrogen) atoms. The summed E-state index contributed by atoms with van der Waals surface area (Å²) in [6, 6.07) is 44.6. The van der Waals surface area contributed by atoms with Crippen LogP contribution in [0.1, 0.15) is 62.8 Å². The third-order valence-electron chi connectivity index (χ3n) is 8.83. The molecule has 0 atom stereocenters. The van der Waals surface area contributed by atoms with Gasteiger partial charge in [-0.2, -0.15) is 12.1 Å². The standard InChI is InChI=1S/C22H25.C21H17.C2H6Si.2ClH.Zr/c1-15(2)18-13-17-7-6-8-20(21(17)14-18)16-9-11-19(12-10-16)22(3,4)5;1-14-12-20-15(2)10-11-19(21(20)13-14)18-9-5-7-16-6-3-4-8-17(16)18;1-3-2;;;/h6-15H,1-5H3;3-13H,1-2H3;1-2H3;2*1H;/q2*-1;;;;+4/p-2. The van der Waals surface area contributed by atoms with E-state index < -0.39 is 20.8 Å². The minimum atomic E-state index is -0.826. The van der Waals surface area contributed by atoms with Gasteiger partial charge in [-0.05, 0) is 38.8 Å². The second-order valence-corrected chi connectivity index (χ2v) is 18.7. The van der Waals surface area contributed by atoms with Crippen LogP contribution in [0.5, 0.6) is 0 Å². The summed E-state index contributed by atoms with van der Waals surface area (Å²) in [5, 5.41) is 8.08. The molecule has 0 heterocycles. The molecule has 0 nitrogen and oxygen atoms in total. The van der Waals surface area contributed by atoms with Gasteiger partial charge in [0, 0.05) is 9.52 Å². The van der Waals surface area contributed by atoms with Crippen LogP contribution in [0.25, 0.3) is 54.6 Å². The summed E-state index contributed by atoms with van der Waals surface area (Å²) in [7, 11) is 11.0. The van der Waals surface area contributed by atoms with Crippen LogP contribution in [0.2, 0.25) is 13.1 Å². The van der Waals surface area contributed by atoms with Crippen LogP contribution in [0, 0.1) is 13.8 Å². The van der Waals surface area contributed by atoms with Crippen molar-refractivity contribution in [1.82, 2.24) is 0 Å². The Morgan fingerprint density at radius 2 is 1.24 bits per heavy atom. The van der Waals surface area contributed by atoms with E-state index in [4.69, 9.17) is 17.0 Å². The summed E-state index contributed by atoms with van der Waals surface area (Å²) in [4.78, 5) is 0. The van der Waals surface area contributed by atoms with E-state index in [-0.39, 0.29) is 5.41 Å². The fourth-order valence-corrected chi connectivity index (χ4v) is 6.28. The van der Waals surface area contributed by atoms with E-state index in [1.807, 2.05) is 0 Å². The monoisotopic (exact) mass is 776 g/mol. The van der Waals surface area contributed by atoms with Crippen molar-refractivity contribution in [3.63, 3.8) is 0 Å². The van der Waals surface area contributed by atoms with E-state index in [0.717, 1.165) is 9.52 Å². The molecule has 0 spiro atoms. The van der Waals surface area contributed by atoms with Crippen molar-refractivity contribution in [2.75, 3.05) is 0 Å². The number of rotatable bonds is 3. The maximum absolute atomic E-state index is 4.93. The van der Waals surface area contributed by atoms with Gasteiger partial charge in [0.15, 0.2) is 0 Å². The Balaban J connectivity index is 0.000000191. The predicted octanol–water partition coefficient (Wildman–Crippen LogP) is 14.8. The molecular formula is C45H48Cl2SiZr. The Morgan fingerprint density at radius 1 is 0.653 bits per heavy atom. The van der Waals surface area contributed by atoms with Gasteiger partial charge in [0.1, 0.15) is 0 Å². The van der Waals surface area contributed by atoms with E-state index in [2.05, 4.69) is 183 Å². The van der Waals surface area contributed by atoms with Gasteiger partial charge in [-0.15, -0.1) is 68.6 Å². The van der Waals surface area contributed by atoms with Crippen molar-refractivity contribution in [3.05, 3.63) is 144 Å². The number of fused-ring (bicyclic) bond motifs is 3. The molecule has 0 fully saturated rings. The Labute approximate surface area is 316 Å². The molecule has 0 aliphatic heterocycles. The second kappa shape index (κ2) is 18.0. The zero-order valence-corrected chi connectivity index (χ0v) is 35.4. The van der Waals surface area contributed by atoms with Gasteiger partial charge in [0.2, 0.25) is 0 Å². The van der Waals surface area contributed by atoms with Crippen LogP contribution in [-0.4, -0.2) is 9.52 Å². The Morgan fingerprint density at radius 3 is 1.90 bits per heavy atom. The number of hydrogen-bond acceptors (Lipinski definition) is 0. The van der Waals surface area contributed by atoms with E-state index in [1.165, 1.54) is 76.8 Å². The SMILES string of the molecule is CC(C)c1cc2c(-c3ccc(C(C)(C)C)cc3)cccc2[cH-]1.C[Si]C.Cc1cc2c(-c3cccc4ccccc34)ccc(C)c2[cH-]1.[Cl][Zr+2][Cl]. The van der Waals surface area contributed by atoms with Crippen LogP contribution < -0.4 is 0 Å². The molecule has 0 aliphatic rings. The molecule has 7 aromatic rings. The molecule has 2 radical (unpaired) electrons. The molecule has 250 valence electrons. The third-order valence-corrected chi connectivity index (χ3v) is 8.83. The normalized spacial score (nSPS) is 10.9. The Kier molecular flexibility index (Phi) is 14.3.